The van der Waals surface area contributed by atoms with E-state index in [1.807, 2.05) is 24.3 Å². The van der Waals surface area contributed by atoms with Crippen LogP contribution in [0.3, 0.4) is 0 Å². The fourth-order valence-electron chi connectivity index (χ4n) is 4.75. The molecular weight excluding hydrogens is 510 g/mol. The second-order valence-corrected chi connectivity index (χ2v) is 12.3. The number of nitriles is 1. The van der Waals surface area contributed by atoms with Gasteiger partial charge < -0.3 is 4.57 Å². The molecule has 0 N–H and O–H groups in total. The van der Waals surface area contributed by atoms with Crippen molar-refractivity contribution in [3.63, 3.8) is 0 Å². The zero-order valence-corrected chi connectivity index (χ0v) is 21.6. The molecule has 2 saturated carbocycles. The molecule has 0 atom stereocenters. The number of rotatable bonds is 7. The summed E-state index contributed by atoms with van der Waals surface area (Å²) in [5.74, 6) is -3.79. The predicted octanol–water partition coefficient (Wildman–Crippen LogP) is 4.94. The second-order valence-electron chi connectivity index (χ2n) is 10.1. The topological polar surface area (TPSA) is 114 Å². The fraction of sp³-hybridized carbons (Fsp3) is 0.370. The van der Waals surface area contributed by atoms with Gasteiger partial charge in [0.15, 0.2) is 21.3 Å². The molecule has 4 aromatic rings. The van der Waals surface area contributed by atoms with Crippen LogP contribution in [0.2, 0.25) is 0 Å². The van der Waals surface area contributed by atoms with Crippen LogP contribution in [0.1, 0.15) is 43.9 Å². The Morgan fingerprint density at radius 3 is 2.45 bits per heavy atom. The number of hydrogen-bond acceptors (Lipinski definition) is 7. The summed E-state index contributed by atoms with van der Waals surface area (Å²) in [5.41, 5.74) is 2.02. The summed E-state index contributed by atoms with van der Waals surface area (Å²) in [6.45, 7) is 1.55. The lowest BCUT2D eigenvalue weighted by molar-refractivity contribution is -0.0335. The first-order valence-electron chi connectivity index (χ1n) is 12.4. The highest BCUT2D eigenvalue weighted by molar-refractivity contribution is 7.91. The van der Waals surface area contributed by atoms with Gasteiger partial charge in [-0.05, 0) is 48.9 Å². The van der Waals surface area contributed by atoms with E-state index in [2.05, 4.69) is 26.2 Å². The molecule has 1 aromatic carbocycles. The Morgan fingerprint density at radius 2 is 1.84 bits per heavy atom. The van der Waals surface area contributed by atoms with E-state index in [0.29, 0.717) is 18.4 Å². The Labute approximate surface area is 218 Å². The smallest absolute Gasteiger partial charge is 0.294 e. The predicted molar refractivity (Wildman–Crippen MR) is 136 cm³/mol. The fourth-order valence-corrected chi connectivity index (χ4v) is 5.81. The number of nitrogens with zero attached hydrogens (tertiary/aromatic N) is 6. The number of alkyl halides is 2. The van der Waals surface area contributed by atoms with Crippen molar-refractivity contribution in [1.29, 1.82) is 5.26 Å². The van der Waals surface area contributed by atoms with Crippen molar-refractivity contribution in [3.8, 4) is 28.7 Å². The second kappa shape index (κ2) is 8.36. The molecule has 0 aliphatic heterocycles. The summed E-state index contributed by atoms with van der Waals surface area (Å²) in [5, 5.41) is 17.2. The normalized spacial score (nSPS) is 16.9. The molecule has 11 heteroatoms. The van der Waals surface area contributed by atoms with Crippen LogP contribution in [-0.4, -0.2) is 38.9 Å². The minimum atomic E-state index is -3.74. The summed E-state index contributed by atoms with van der Waals surface area (Å²) in [6, 6.07) is 12.7. The number of imidazole rings is 1. The van der Waals surface area contributed by atoms with Gasteiger partial charge in [0.25, 0.3) is 5.92 Å². The number of aromatic nitrogens is 5. The van der Waals surface area contributed by atoms with Crippen LogP contribution in [0.15, 0.2) is 47.5 Å². The third kappa shape index (κ3) is 3.86. The van der Waals surface area contributed by atoms with Crippen molar-refractivity contribution < 1.29 is 17.2 Å². The van der Waals surface area contributed by atoms with Crippen LogP contribution in [-0.2, 0) is 28.2 Å². The molecule has 0 saturated heterocycles. The quantitative estimate of drug-likeness (QED) is 0.330. The molecule has 2 aliphatic carbocycles. The molecular formula is C27H24F2N6O2S. The van der Waals surface area contributed by atoms with Gasteiger partial charge in [-0.1, -0.05) is 31.2 Å². The number of hydrogen-bond donors (Lipinski definition) is 0. The van der Waals surface area contributed by atoms with E-state index in [4.69, 9.17) is 0 Å². The van der Waals surface area contributed by atoms with E-state index < -0.39 is 32.8 Å². The average molecular weight is 535 g/mol. The Hall–Kier alpha value is -3.78. The minimum absolute atomic E-state index is 0.00726. The maximum absolute atomic E-state index is 14.6. The molecule has 3 heterocycles. The van der Waals surface area contributed by atoms with Gasteiger partial charge >= 0.3 is 0 Å². The first-order chi connectivity index (χ1) is 18.1. The molecule has 0 unspecified atom stereocenters. The van der Waals surface area contributed by atoms with Gasteiger partial charge in [-0.2, -0.15) is 14.0 Å². The molecule has 2 fully saturated rings. The number of sulfone groups is 1. The van der Waals surface area contributed by atoms with E-state index in [-0.39, 0.29) is 33.3 Å². The minimum Gasteiger partial charge on any atom is -0.309 e. The molecule has 194 valence electrons. The van der Waals surface area contributed by atoms with E-state index in [0.717, 1.165) is 24.0 Å². The van der Waals surface area contributed by atoms with Crippen LogP contribution in [0.25, 0.3) is 33.8 Å². The lowest BCUT2D eigenvalue weighted by Crippen LogP contribution is -2.18. The number of aryl methyl sites for hydroxylation is 1. The maximum Gasteiger partial charge on any atom is 0.294 e. The monoisotopic (exact) mass is 534 g/mol. The van der Waals surface area contributed by atoms with Crippen LogP contribution in [0, 0.1) is 17.2 Å². The van der Waals surface area contributed by atoms with Gasteiger partial charge in [-0.15, -0.1) is 10.2 Å². The van der Waals surface area contributed by atoms with Crippen LogP contribution < -0.4 is 0 Å². The third-order valence-electron chi connectivity index (χ3n) is 7.56. The highest BCUT2D eigenvalue weighted by Crippen LogP contribution is 2.49. The molecule has 0 spiro atoms. The molecule has 6 rings (SSSR count). The van der Waals surface area contributed by atoms with Crippen molar-refractivity contribution >= 4 is 21.0 Å². The van der Waals surface area contributed by atoms with E-state index in [9.17, 15) is 22.5 Å². The van der Waals surface area contributed by atoms with Gasteiger partial charge in [0, 0.05) is 24.7 Å². The standard InChI is InChI=1S/C27H24F2N6O2S/c1-3-38(36,37)21-12-17(16-4-6-18(7-5-16)26(15-30)10-11-26)14-31-23(21)25-32-20-13-22(27(28,29)19-8-9-19)33-34-24(20)35(25)2/h4-7,12-14,19H,3,8-11H2,1-2H3. The van der Waals surface area contributed by atoms with E-state index >= 15 is 0 Å². The Bertz CT molecular complexity index is 1730. The lowest BCUT2D eigenvalue weighted by Gasteiger charge is -2.13. The van der Waals surface area contributed by atoms with Gasteiger partial charge in [0.05, 0.1) is 22.1 Å². The molecule has 8 nitrogen and oxygen atoms in total. The number of pyridine rings is 1. The number of halogens is 2. The van der Waals surface area contributed by atoms with Gasteiger partial charge in [-0.3, -0.25) is 4.98 Å². The Kier molecular flexibility index (Phi) is 5.40. The van der Waals surface area contributed by atoms with Crippen molar-refractivity contribution in [1.82, 2.24) is 24.7 Å². The number of fused-ring (bicyclic) bond motifs is 1. The van der Waals surface area contributed by atoms with Crippen LogP contribution in [0.5, 0.6) is 0 Å². The summed E-state index contributed by atoms with van der Waals surface area (Å²) in [4.78, 5) is 8.96. The summed E-state index contributed by atoms with van der Waals surface area (Å²) < 4.78 is 57.1. The van der Waals surface area contributed by atoms with Crippen molar-refractivity contribution in [2.45, 2.75) is 48.8 Å². The van der Waals surface area contributed by atoms with Crippen LogP contribution >= 0.6 is 0 Å². The lowest BCUT2D eigenvalue weighted by atomic mass is 9.95. The zero-order chi connectivity index (χ0) is 26.9. The Morgan fingerprint density at radius 1 is 1.13 bits per heavy atom. The number of benzene rings is 1. The molecule has 3 aromatic heterocycles. The van der Waals surface area contributed by atoms with Crippen molar-refractivity contribution in [3.05, 3.63) is 53.9 Å². The zero-order valence-electron chi connectivity index (χ0n) is 20.8. The first-order valence-corrected chi connectivity index (χ1v) is 14.1. The Balaban J connectivity index is 1.44. The molecule has 0 radical (unpaired) electrons. The largest absolute Gasteiger partial charge is 0.309 e. The SMILES string of the molecule is CCS(=O)(=O)c1cc(-c2ccc(C3(C#N)CC3)cc2)cnc1-c1nc2cc(C(F)(F)C3CC3)nnc2n1C. The average Bonchev–Trinajstić information content (AvgIpc) is 3.86. The van der Waals surface area contributed by atoms with Crippen molar-refractivity contribution in [2.24, 2.45) is 13.0 Å². The van der Waals surface area contributed by atoms with Crippen LogP contribution in [0.4, 0.5) is 8.78 Å². The summed E-state index contributed by atoms with van der Waals surface area (Å²) in [6.07, 6.45) is 4.11. The highest BCUT2D eigenvalue weighted by atomic mass is 32.2. The highest BCUT2D eigenvalue weighted by Gasteiger charge is 2.49. The van der Waals surface area contributed by atoms with Gasteiger partial charge in [0.1, 0.15) is 16.9 Å². The molecule has 0 amide bonds. The summed E-state index contributed by atoms with van der Waals surface area (Å²) in [7, 11) is -2.11. The first kappa shape index (κ1) is 24.6. The maximum atomic E-state index is 14.6. The molecule has 0 bridgehead atoms. The molecule has 2 aliphatic rings. The van der Waals surface area contributed by atoms with Crippen molar-refractivity contribution in [2.75, 3.05) is 5.75 Å². The van der Waals surface area contributed by atoms with Gasteiger partial charge in [0.2, 0.25) is 0 Å². The third-order valence-corrected chi connectivity index (χ3v) is 9.30. The van der Waals surface area contributed by atoms with Gasteiger partial charge in [-0.25, -0.2) is 13.4 Å². The van der Waals surface area contributed by atoms with E-state index in [1.165, 1.54) is 10.6 Å². The summed E-state index contributed by atoms with van der Waals surface area (Å²) >= 11 is 0. The molecule has 38 heavy (non-hydrogen) atoms. The van der Waals surface area contributed by atoms with E-state index in [1.54, 1.807) is 26.2 Å².